The standard InChI is InChI=1S/C10H17NOS2/c1-7(5-12)14-10(8(2)11)9-3-4-13-6-9/h3-4,6-8,10,12H,5,11H2,1-2H3. The summed E-state index contributed by atoms with van der Waals surface area (Å²) in [7, 11) is 0. The van der Waals surface area contributed by atoms with Crippen LogP contribution in [0.4, 0.5) is 0 Å². The van der Waals surface area contributed by atoms with Gasteiger partial charge < -0.3 is 10.8 Å². The third-order valence-electron chi connectivity index (χ3n) is 1.99. The van der Waals surface area contributed by atoms with Crippen LogP contribution in [0.2, 0.25) is 0 Å². The number of aliphatic hydroxyl groups excluding tert-OH is 1. The second kappa shape index (κ2) is 5.75. The molecule has 3 atom stereocenters. The zero-order valence-corrected chi connectivity index (χ0v) is 10.1. The first kappa shape index (κ1) is 12.0. The predicted molar refractivity (Wildman–Crippen MR) is 64.8 cm³/mol. The van der Waals surface area contributed by atoms with Crippen molar-refractivity contribution in [3.8, 4) is 0 Å². The third kappa shape index (κ3) is 3.28. The molecular formula is C10H17NOS2. The normalized spacial score (nSPS) is 17.7. The quantitative estimate of drug-likeness (QED) is 0.817. The van der Waals surface area contributed by atoms with Gasteiger partial charge in [-0.2, -0.15) is 11.3 Å². The van der Waals surface area contributed by atoms with Crippen LogP contribution in [0.15, 0.2) is 16.8 Å². The maximum absolute atomic E-state index is 9.00. The Balaban J connectivity index is 2.66. The highest BCUT2D eigenvalue weighted by molar-refractivity contribution is 8.00. The van der Waals surface area contributed by atoms with Crippen LogP contribution in [-0.2, 0) is 0 Å². The van der Waals surface area contributed by atoms with Gasteiger partial charge in [-0.15, -0.1) is 11.8 Å². The van der Waals surface area contributed by atoms with E-state index in [0.29, 0.717) is 5.25 Å². The molecule has 0 fully saturated rings. The Labute approximate surface area is 93.5 Å². The number of thiophene rings is 1. The summed E-state index contributed by atoms with van der Waals surface area (Å²) in [5.74, 6) is 0. The molecule has 0 amide bonds. The fraction of sp³-hybridized carbons (Fsp3) is 0.600. The van der Waals surface area contributed by atoms with Gasteiger partial charge in [0.25, 0.3) is 0 Å². The molecule has 0 saturated carbocycles. The van der Waals surface area contributed by atoms with Crippen molar-refractivity contribution in [1.29, 1.82) is 0 Å². The molecule has 4 heteroatoms. The summed E-state index contributed by atoms with van der Waals surface area (Å²) in [6.07, 6.45) is 0. The van der Waals surface area contributed by atoms with Gasteiger partial charge >= 0.3 is 0 Å². The number of rotatable bonds is 5. The largest absolute Gasteiger partial charge is 0.395 e. The Morgan fingerprint density at radius 1 is 1.57 bits per heavy atom. The van der Waals surface area contributed by atoms with Crippen LogP contribution < -0.4 is 5.73 Å². The fourth-order valence-corrected chi connectivity index (χ4v) is 3.16. The zero-order chi connectivity index (χ0) is 10.6. The molecule has 0 aliphatic heterocycles. The van der Waals surface area contributed by atoms with Gasteiger partial charge in [-0.05, 0) is 29.3 Å². The minimum Gasteiger partial charge on any atom is -0.395 e. The van der Waals surface area contributed by atoms with Crippen molar-refractivity contribution in [2.24, 2.45) is 5.73 Å². The van der Waals surface area contributed by atoms with Gasteiger partial charge in [0.05, 0.1) is 6.61 Å². The van der Waals surface area contributed by atoms with Crippen LogP contribution in [0.5, 0.6) is 0 Å². The van der Waals surface area contributed by atoms with E-state index in [1.807, 2.05) is 13.8 Å². The summed E-state index contributed by atoms with van der Waals surface area (Å²) in [4.78, 5) is 0. The molecule has 0 bridgehead atoms. The van der Waals surface area contributed by atoms with E-state index >= 15 is 0 Å². The molecule has 0 radical (unpaired) electrons. The Hall–Kier alpha value is -0.0300. The van der Waals surface area contributed by atoms with Crippen molar-refractivity contribution >= 4 is 23.1 Å². The minimum atomic E-state index is 0.114. The van der Waals surface area contributed by atoms with E-state index in [4.69, 9.17) is 10.8 Å². The van der Waals surface area contributed by atoms with Crippen LogP contribution in [0.1, 0.15) is 24.7 Å². The molecule has 0 saturated heterocycles. The molecular weight excluding hydrogens is 214 g/mol. The molecule has 14 heavy (non-hydrogen) atoms. The van der Waals surface area contributed by atoms with E-state index in [1.54, 1.807) is 23.1 Å². The smallest absolute Gasteiger partial charge is 0.0547 e. The Kier molecular flexibility index (Phi) is 4.95. The van der Waals surface area contributed by atoms with Gasteiger partial charge in [0.15, 0.2) is 0 Å². The molecule has 0 aromatic carbocycles. The maximum Gasteiger partial charge on any atom is 0.0547 e. The minimum absolute atomic E-state index is 0.114. The predicted octanol–water partition coefficient (Wildman–Crippen LogP) is 2.25. The second-order valence-electron chi connectivity index (χ2n) is 3.47. The van der Waals surface area contributed by atoms with Crippen LogP contribution in [0.25, 0.3) is 0 Å². The maximum atomic E-state index is 9.00. The zero-order valence-electron chi connectivity index (χ0n) is 8.51. The van der Waals surface area contributed by atoms with E-state index in [1.165, 1.54) is 5.56 Å². The van der Waals surface area contributed by atoms with E-state index in [2.05, 4.69) is 16.8 Å². The van der Waals surface area contributed by atoms with Gasteiger partial charge in [0.1, 0.15) is 0 Å². The molecule has 1 aromatic rings. The van der Waals surface area contributed by atoms with Gasteiger partial charge in [-0.1, -0.05) is 6.92 Å². The lowest BCUT2D eigenvalue weighted by molar-refractivity contribution is 0.299. The van der Waals surface area contributed by atoms with Crippen molar-refractivity contribution in [3.05, 3.63) is 22.4 Å². The van der Waals surface area contributed by atoms with Gasteiger partial charge in [-0.25, -0.2) is 0 Å². The van der Waals surface area contributed by atoms with Gasteiger partial charge in [0.2, 0.25) is 0 Å². The SMILES string of the molecule is CC(CO)SC(c1ccsc1)C(C)N. The Bertz CT molecular complexity index is 249. The summed E-state index contributed by atoms with van der Waals surface area (Å²) in [5, 5.41) is 13.7. The van der Waals surface area contributed by atoms with Crippen molar-refractivity contribution in [1.82, 2.24) is 0 Å². The van der Waals surface area contributed by atoms with Gasteiger partial charge in [0, 0.05) is 16.5 Å². The van der Waals surface area contributed by atoms with Crippen LogP contribution in [-0.4, -0.2) is 23.0 Å². The average molecular weight is 231 g/mol. The molecule has 0 aliphatic carbocycles. The number of aliphatic hydroxyl groups is 1. The monoisotopic (exact) mass is 231 g/mol. The molecule has 80 valence electrons. The summed E-state index contributed by atoms with van der Waals surface area (Å²) >= 11 is 3.43. The number of hydrogen-bond acceptors (Lipinski definition) is 4. The molecule has 0 spiro atoms. The lowest BCUT2D eigenvalue weighted by Gasteiger charge is -2.22. The summed E-state index contributed by atoms with van der Waals surface area (Å²) in [6.45, 7) is 4.24. The van der Waals surface area contributed by atoms with Crippen LogP contribution >= 0.6 is 23.1 Å². The van der Waals surface area contributed by atoms with Crippen LogP contribution in [0.3, 0.4) is 0 Å². The molecule has 0 aliphatic rings. The molecule has 3 N–H and O–H groups in total. The lowest BCUT2D eigenvalue weighted by atomic mass is 10.1. The lowest BCUT2D eigenvalue weighted by Crippen LogP contribution is -2.24. The third-order valence-corrected chi connectivity index (χ3v) is 4.30. The highest BCUT2D eigenvalue weighted by Crippen LogP contribution is 2.35. The Morgan fingerprint density at radius 3 is 2.71 bits per heavy atom. The highest BCUT2D eigenvalue weighted by Gasteiger charge is 2.19. The van der Waals surface area contributed by atoms with Crippen molar-refractivity contribution < 1.29 is 5.11 Å². The molecule has 3 unspecified atom stereocenters. The van der Waals surface area contributed by atoms with E-state index in [-0.39, 0.29) is 17.9 Å². The Morgan fingerprint density at radius 2 is 2.29 bits per heavy atom. The number of thioether (sulfide) groups is 1. The molecule has 2 nitrogen and oxygen atoms in total. The highest BCUT2D eigenvalue weighted by atomic mass is 32.2. The average Bonchev–Trinajstić information content (AvgIpc) is 2.65. The number of hydrogen-bond donors (Lipinski definition) is 2. The first-order chi connectivity index (χ1) is 6.65. The van der Waals surface area contributed by atoms with E-state index in [0.717, 1.165) is 0 Å². The summed E-state index contributed by atoms with van der Waals surface area (Å²) < 4.78 is 0. The molecule has 1 aromatic heterocycles. The van der Waals surface area contributed by atoms with Crippen molar-refractivity contribution in [2.45, 2.75) is 30.4 Å². The van der Waals surface area contributed by atoms with E-state index < -0.39 is 0 Å². The van der Waals surface area contributed by atoms with Crippen molar-refractivity contribution in [2.75, 3.05) is 6.61 Å². The van der Waals surface area contributed by atoms with Gasteiger partial charge in [-0.3, -0.25) is 0 Å². The first-order valence-electron chi connectivity index (χ1n) is 4.69. The van der Waals surface area contributed by atoms with Crippen molar-refractivity contribution in [3.63, 3.8) is 0 Å². The molecule has 1 rings (SSSR count). The molecule has 1 heterocycles. The van der Waals surface area contributed by atoms with E-state index in [9.17, 15) is 0 Å². The van der Waals surface area contributed by atoms with Crippen LogP contribution in [0, 0.1) is 0 Å². The topological polar surface area (TPSA) is 46.2 Å². The summed E-state index contributed by atoms with van der Waals surface area (Å²) in [6, 6.07) is 2.22. The fourth-order valence-electron chi connectivity index (χ4n) is 1.24. The second-order valence-corrected chi connectivity index (χ2v) is 5.83. The number of nitrogens with two attached hydrogens (primary N) is 1. The first-order valence-corrected chi connectivity index (χ1v) is 6.57. The summed E-state index contributed by atoms with van der Waals surface area (Å²) in [5.41, 5.74) is 7.21.